The summed E-state index contributed by atoms with van der Waals surface area (Å²) in [5.74, 6) is 0.885. The molecule has 0 aromatic carbocycles. The highest BCUT2D eigenvalue weighted by atomic mass is 32.1. The second-order valence-electron chi connectivity index (χ2n) is 5.88. The van der Waals surface area contributed by atoms with Crippen molar-refractivity contribution in [2.45, 2.75) is 71.4 Å². The molecule has 1 aliphatic rings. The molecule has 2 rings (SSSR count). The molecule has 2 heteroatoms. The summed E-state index contributed by atoms with van der Waals surface area (Å²) in [7, 11) is 0. The van der Waals surface area contributed by atoms with Gasteiger partial charge in [0.05, 0.1) is 0 Å². The Labute approximate surface area is 116 Å². The average molecular weight is 265 g/mol. The molecule has 1 aromatic heterocycles. The fraction of sp³-hybridized carbons (Fsp3) is 0.750. The Morgan fingerprint density at radius 1 is 1.11 bits per heavy atom. The van der Waals surface area contributed by atoms with Crippen LogP contribution in [-0.2, 0) is 0 Å². The molecule has 0 aliphatic heterocycles. The lowest BCUT2D eigenvalue weighted by Gasteiger charge is -2.26. The van der Waals surface area contributed by atoms with E-state index in [9.17, 15) is 0 Å². The molecular formula is C16H27NS. The second kappa shape index (κ2) is 6.72. The van der Waals surface area contributed by atoms with E-state index >= 15 is 0 Å². The Morgan fingerprint density at radius 2 is 1.78 bits per heavy atom. The van der Waals surface area contributed by atoms with Crippen LogP contribution in [0.5, 0.6) is 0 Å². The molecule has 0 spiro atoms. The molecule has 1 N–H and O–H groups in total. The van der Waals surface area contributed by atoms with Crippen molar-refractivity contribution in [2.24, 2.45) is 5.92 Å². The first kappa shape index (κ1) is 14.1. The molecule has 0 bridgehead atoms. The van der Waals surface area contributed by atoms with Crippen LogP contribution in [0.15, 0.2) is 12.1 Å². The molecular weight excluding hydrogens is 238 g/mol. The Balaban J connectivity index is 1.87. The first-order valence-electron chi connectivity index (χ1n) is 7.49. The first-order valence-corrected chi connectivity index (χ1v) is 8.31. The summed E-state index contributed by atoms with van der Waals surface area (Å²) in [5.41, 5.74) is 0. The predicted octanol–water partition coefficient (Wildman–Crippen LogP) is 5.07. The van der Waals surface area contributed by atoms with Crippen LogP contribution in [0.1, 0.15) is 68.2 Å². The largest absolute Gasteiger partial charge is 0.307 e. The third-order valence-electron chi connectivity index (χ3n) is 4.31. The first-order chi connectivity index (χ1) is 8.66. The Hall–Kier alpha value is -0.340. The highest BCUT2D eigenvalue weighted by molar-refractivity contribution is 7.12. The van der Waals surface area contributed by atoms with Crippen LogP contribution in [0.4, 0.5) is 0 Å². The molecule has 102 valence electrons. The van der Waals surface area contributed by atoms with Crippen molar-refractivity contribution in [3.8, 4) is 0 Å². The molecule has 0 radical (unpaired) electrons. The van der Waals surface area contributed by atoms with Crippen molar-refractivity contribution in [2.75, 3.05) is 0 Å². The molecule has 0 saturated heterocycles. The smallest absolute Gasteiger partial charge is 0.0388 e. The summed E-state index contributed by atoms with van der Waals surface area (Å²) >= 11 is 1.93. The van der Waals surface area contributed by atoms with E-state index in [0.29, 0.717) is 12.1 Å². The van der Waals surface area contributed by atoms with Crippen molar-refractivity contribution < 1.29 is 0 Å². The predicted molar refractivity (Wildman–Crippen MR) is 81.3 cm³/mol. The Bertz CT molecular complexity index is 350. The minimum Gasteiger partial charge on any atom is -0.307 e. The summed E-state index contributed by atoms with van der Waals surface area (Å²) in [6.45, 7) is 6.88. The van der Waals surface area contributed by atoms with Crippen molar-refractivity contribution in [1.29, 1.82) is 0 Å². The zero-order valence-electron chi connectivity index (χ0n) is 12.0. The van der Waals surface area contributed by atoms with Crippen LogP contribution < -0.4 is 5.32 Å². The molecule has 1 aliphatic carbocycles. The van der Waals surface area contributed by atoms with Gasteiger partial charge in [0.25, 0.3) is 0 Å². The fourth-order valence-corrected chi connectivity index (χ4v) is 4.00. The molecule has 2 atom stereocenters. The maximum atomic E-state index is 3.82. The highest BCUT2D eigenvalue weighted by Gasteiger charge is 2.21. The maximum Gasteiger partial charge on any atom is 0.0388 e. The van der Waals surface area contributed by atoms with Crippen LogP contribution in [0.25, 0.3) is 0 Å². The molecule has 1 fully saturated rings. The average Bonchev–Trinajstić information content (AvgIpc) is 2.63. The van der Waals surface area contributed by atoms with E-state index in [0.717, 1.165) is 5.92 Å². The summed E-state index contributed by atoms with van der Waals surface area (Å²) in [5, 5.41) is 3.82. The van der Waals surface area contributed by atoms with Crippen molar-refractivity contribution in [3.05, 3.63) is 21.9 Å². The van der Waals surface area contributed by atoms with Gasteiger partial charge >= 0.3 is 0 Å². The zero-order chi connectivity index (χ0) is 13.0. The van der Waals surface area contributed by atoms with Gasteiger partial charge in [0, 0.05) is 21.8 Å². The van der Waals surface area contributed by atoms with Crippen LogP contribution in [0, 0.1) is 12.8 Å². The minimum absolute atomic E-state index is 0.502. The van der Waals surface area contributed by atoms with Gasteiger partial charge in [-0.25, -0.2) is 0 Å². The monoisotopic (exact) mass is 265 g/mol. The normalized spacial score (nSPS) is 21.5. The van der Waals surface area contributed by atoms with E-state index in [1.807, 2.05) is 11.3 Å². The van der Waals surface area contributed by atoms with Gasteiger partial charge in [0.1, 0.15) is 0 Å². The van der Waals surface area contributed by atoms with Crippen LogP contribution in [-0.4, -0.2) is 6.04 Å². The van der Waals surface area contributed by atoms with E-state index in [-0.39, 0.29) is 0 Å². The number of thiophene rings is 1. The maximum absolute atomic E-state index is 3.82. The lowest BCUT2D eigenvalue weighted by molar-refractivity contribution is 0.318. The lowest BCUT2D eigenvalue weighted by Crippen LogP contribution is -2.35. The van der Waals surface area contributed by atoms with Crippen molar-refractivity contribution >= 4 is 11.3 Å². The Morgan fingerprint density at radius 3 is 2.33 bits per heavy atom. The van der Waals surface area contributed by atoms with Gasteiger partial charge in [0.2, 0.25) is 0 Å². The van der Waals surface area contributed by atoms with Crippen LogP contribution in [0.3, 0.4) is 0 Å². The van der Waals surface area contributed by atoms with E-state index in [4.69, 9.17) is 0 Å². The quantitative estimate of drug-likeness (QED) is 0.750. The molecule has 18 heavy (non-hydrogen) atoms. The molecule has 0 amide bonds. The molecule has 1 heterocycles. The van der Waals surface area contributed by atoms with E-state index in [1.165, 1.54) is 48.3 Å². The second-order valence-corrected chi connectivity index (χ2v) is 7.20. The lowest BCUT2D eigenvalue weighted by atomic mass is 9.92. The highest BCUT2D eigenvalue weighted by Crippen LogP contribution is 2.28. The molecule has 1 nitrogen and oxygen atoms in total. The van der Waals surface area contributed by atoms with E-state index in [1.54, 1.807) is 0 Å². The molecule has 1 unspecified atom stereocenters. The summed E-state index contributed by atoms with van der Waals surface area (Å²) in [6, 6.07) is 5.66. The summed E-state index contributed by atoms with van der Waals surface area (Å²) in [4.78, 5) is 2.90. The van der Waals surface area contributed by atoms with Gasteiger partial charge in [-0.05, 0) is 51.7 Å². The van der Waals surface area contributed by atoms with Gasteiger partial charge in [0.15, 0.2) is 0 Å². The summed E-state index contributed by atoms with van der Waals surface area (Å²) < 4.78 is 0. The topological polar surface area (TPSA) is 12.0 Å². The van der Waals surface area contributed by atoms with Crippen LogP contribution in [0.2, 0.25) is 0 Å². The number of rotatable bonds is 4. The number of nitrogens with one attached hydrogen (secondary N) is 1. The SMILES string of the molecule is Cc1ccc(C(C)N[C@@H](C)C2CCCCCC2)s1. The number of aryl methyl sites for hydroxylation is 1. The van der Waals surface area contributed by atoms with Gasteiger partial charge in [-0.1, -0.05) is 25.7 Å². The summed E-state index contributed by atoms with van der Waals surface area (Å²) in [6.07, 6.45) is 8.60. The van der Waals surface area contributed by atoms with Gasteiger partial charge in [-0.15, -0.1) is 11.3 Å². The Kier molecular flexibility index (Phi) is 5.25. The third kappa shape index (κ3) is 3.83. The van der Waals surface area contributed by atoms with Gasteiger partial charge in [-0.3, -0.25) is 0 Å². The molecule has 1 saturated carbocycles. The van der Waals surface area contributed by atoms with E-state index in [2.05, 4.69) is 38.2 Å². The van der Waals surface area contributed by atoms with Gasteiger partial charge < -0.3 is 5.32 Å². The van der Waals surface area contributed by atoms with E-state index < -0.39 is 0 Å². The standard InChI is InChI=1S/C16H27NS/c1-12-10-11-16(18-12)14(3)17-13(2)15-8-6-4-5-7-9-15/h10-11,13-15,17H,4-9H2,1-3H3/t13-,14?/m0/s1. The third-order valence-corrected chi connectivity index (χ3v) is 5.49. The van der Waals surface area contributed by atoms with Crippen LogP contribution >= 0.6 is 11.3 Å². The fourth-order valence-electron chi connectivity index (χ4n) is 3.11. The minimum atomic E-state index is 0.502. The zero-order valence-corrected chi connectivity index (χ0v) is 12.9. The van der Waals surface area contributed by atoms with Crippen molar-refractivity contribution in [1.82, 2.24) is 5.32 Å². The van der Waals surface area contributed by atoms with Crippen molar-refractivity contribution in [3.63, 3.8) is 0 Å². The number of hydrogen-bond acceptors (Lipinski definition) is 2. The molecule has 1 aromatic rings. The van der Waals surface area contributed by atoms with Gasteiger partial charge in [-0.2, -0.15) is 0 Å². The number of hydrogen-bond donors (Lipinski definition) is 1.